The molecule has 1 unspecified atom stereocenters. The Morgan fingerprint density at radius 3 is 3.16 bits per heavy atom. The van der Waals surface area contributed by atoms with Crippen LogP contribution in [0.1, 0.15) is 32.4 Å². The molecule has 0 radical (unpaired) electrons. The number of anilines is 1. The SMILES string of the molecule is CCCNCc1cc(N2CCOCC2CC)ccn1. The highest BCUT2D eigenvalue weighted by Gasteiger charge is 2.21. The van der Waals surface area contributed by atoms with Crippen LogP contribution in [0.4, 0.5) is 5.69 Å². The van der Waals surface area contributed by atoms with Gasteiger partial charge in [0.05, 0.1) is 24.9 Å². The molecule has 4 heteroatoms. The van der Waals surface area contributed by atoms with E-state index in [2.05, 4.69) is 41.2 Å². The Bertz CT molecular complexity index is 383. The van der Waals surface area contributed by atoms with Crippen molar-refractivity contribution in [2.24, 2.45) is 0 Å². The van der Waals surface area contributed by atoms with Crippen molar-refractivity contribution in [3.63, 3.8) is 0 Å². The third kappa shape index (κ3) is 3.91. The van der Waals surface area contributed by atoms with Gasteiger partial charge in [-0.15, -0.1) is 0 Å². The first-order chi connectivity index (χ1) is 9.35. The molecule has 0 bridgehead atoms. The van der Waals surface area contributed by atoms with Crippen molar-refractivity contribution in [1.29, 1.82) is 0 Å². The second-order valence-electron chi connectivity index (χ2n) is 5.01. The lowest BCUT2D eigenvalue weighted by Gasteiger charge is -2.37. The van der Waals surface area contributed by atoms with Crippen LogP contribution in [0.25, 0.3) is 0 Å². The molecular formula is C15H25N3O. The van der Waals surface area contributed by atoms with Gasteiger partial charge in [0.1, 0.15) is 0 Å². The van der Waals surface area contributed by atoms with Gasteiger partial charge in [-0.25, -0.2) is 0 Å². The number of nitrogens with zero attached hydrogens (tertiary/aromatic N) is 2. The lowest BCUT2D eigenvalue weighted by molar-refractivity contribution is 0.0930. The zero-order valence-corrected chi connectivity index (χ0v) is 12.1. The van der Waals surface area contributed by atoms with Crippen molar-refractivity contribution >= 4 is 5.69 Å². The molecule has 0 aromatic carbocycles. The summed E-state index contributed by atoms with van der Waals surface area (Å²) in [6, 6.07) is 4.81. The average Bonchev–Trinajstić information content (AvgIpc) is 2.48. The Morgan fingerprint density at radius 1 is 1.47 bits per heavy atom. The zero-order valence-electron chi connectivity index (χ0n) is 12.1. The summed E-state index contributed by atoms with van der Waals surface area (Å²) in [6.07, 6.45) is 4.19. The van der Waals surface area contributed by atoms with E-state index in [1.165, 1.54) is 5.69 Å². The number of rotatable bonds is 6. The minimum atomic E-state index is 0.493. The van der Waals surface area contributed by atoms with E-state index in [1.807, 2.05) is 6.20 Å². The number of pyridine rings is 1. The molecule has 1 fully saturated rings. The molecule has 1 N–H and O–H groups in total. The molecule has 0 amide bonds. The summed E-state index contributed by atoms with van der Waals surface area (Å²) < 4.78 is 5.56. The maximum atomic E-state index is 5.56. The monoisotopic (exact) mass is 263 g/mol. The van der Waals surface area contributed by atoms with Crippen molar-refractivity contribution < 1.29 is 4.74 Å². The number of aromatic nitrogens is 1. The Morgan fingerprint density at radius 2 is 2.37 bits per heavy atom. The third-order valence-corrected chi connectivity index (χ3v) is 3.56. The van der Waals surface area contributed by atoms with Crippen LogP contribution in [0.2, 0.25) is 0 Å². The highest BCUT2D eigenvalue weighted by molar-refractivity contribution is 5.48. The second-order valence-corrected chi connectivity index (χ2v) is 5.01. The fraction of sp³-hybridized carbons (Fsp3) is 0.667. The first-order valence-electron chi connectivity index (χ1n) is 7.35. The third-order valence-electron chi connectivity index (χ3n) is 3.56. The van der Waals surface area contributed by atoms with Gasteiger partial charge in [-0.1, -0.05) is 13.8 Å². The number of hydrogen-bond donors (Lipinski definition) is 1. The smallest absolute Gasteiger partial charge is 0.0670 e. The predicted molar refractivity (Wildman–Crippen MR) is 78.5 cm³/mol. The Hall–Kier alpha value is -1.13. The van der Waals surface area contributed by atoms with Crippen molar-refractivity contribution in [3.05, 3.63) is 24.0 Å². The van der Waals surface area contributed by atoms with E-state index in [1.54, 1.807) is 0 Å². The summed E-state index contributed by atoms with van der Waals surface area (Å²) in [5.74, 6) is 0. The normalized spacial score (nSPS) is 19.7. The standard InChI is InChI=1S/C15H25N3O/c1-3-6-16-11-13-10-15(5-7-17-13)18-8-9-19-12-14(18)4-2/h5,7,10,14,16H,3-4,6,8-9,11-12H2,1-2H3. The maximum Gasteiger partial charge on any atom is 0.0670 e. The molecular weight excluding hydrogens is 238 g/mol. The molecule has 0 aliphatic carbocycles. The van der Waals surface area contributed by atoms with Gasteiger partial charge < -0.3 is 15.0 Å². The number of ether oxygens (including phenoxy) is 1. The summed E-state index contributed by atoms with van der Waals surface area (Å²) in [6.45, 7) is 8.92. The van der Waals surface area contributed by atoms with E-state index < -0.39 is 0 Å². The molecule has 1 aromatic heterocycles. The molecule has 0 spiro atoms. The fourth-order valence-corrected chi connectivity index (χ4v) is 2.47. The minimum Gasteiger partial charge on any atom is -0.377 e. The van der Waals surface area contributed by atoms with Crippen LogP contribution in [0.3, 0.4) is 0 Å². The van der Waals surface area contributed by atoms with Crippen LogP contribution >= 0.6 is 0 Å². The molecule has 1 aliphatic rings. The first-order valence-corrected chi connectivity index (χ1v) is 7.35. The molecule has 2 rings (SSSR count). The quantitative estimate of drug-likeness (QED) is 0.798. The van der Waals surface area contributed by atoms with Gasteiger partial charge in [0.2, 0.25) is 0 Å². The lowest BCUT2D eigenvalue weighted by Crippen LogP contribution is -2.45. The second kappa shape index (κ2) is 7.46. The molecule has 0 saturated carbocycles. The Labute approximate surface area is 116 Å². The summed E-state index contributed by atoms with van der Waals surface area (Å²) in [7, 11) is 0. The van der Waals surface area contributed by atoms with E-state index >= 15 is 0 Å². The van der Waals surface area contributed by atoms with E-state index in [-0.39, 0.29) is 0 Å². The lowest BCUT2D eigenvalue weighted by atomic mass is 10.1. The van der Waals surface area contributed by atoms with Crippen LogP contribution in [0.15, 0.2) is 18.3 Å². The van der Waals surface area contributed by atoms with Gasteiger partial charge in [-0.2, -0.15) is 0 Å². The summed E-state index contributed by atoms with van der Waals surface area (Å²) >= 11 is 0. The van der Waals surface area contributed by atoms with E-state index in [9.17, 15) is 0 Å². The Balaban J connectivity index is 2.04. The molecule has 1 saturated heterocycles. The van der Waals surface area contributed by atoms with Crippen molar-refractivity contribution in [3.8, 4) is 0 Å². The van der Waals surface area contributed by atoms with Crippen LogP contribution < -0.4 is 10.2 Å². The number of hydrogen-bond acceptors (Lipinski definition) is 4. The highest BCUT2D eigenvalue weighted by Crippen LogP contribution is 2.21. The fourth-order valence-electron chi connectivity index (χ4n) is 2.47. The van der Waals surface area contributed by atoms with Gasteiger partial charge in [0, 0.05) is 25.0 Å². The molecule has 2 heterocycles. The number of morpholine rings is 1. The topological polar surface area (TPSA) is 37.4 Å². The molecule has 19 heavy (non-hydrogen) atoms. The molecule has 1 aromatic rings. The predicted octanol–water partition coefficient (Wildman–Crippen LogP) is 2.20. The van der Waals surface area contributed by atoms with E-state index in [4.69, 9.17) is 4.74 Å². The molecule has 1 atom stereocenters. The van der Waals surface area contributed by atoms with Crippen molar-refractivity contribution in [2.75, 3.05) is 31.2 Å². The van der Waals surface area contributed by atoms with Crippen LogP contribution in [0, 0.1) is 0 Å². The summed E-state index contributed by atoms with van der Waals surface area (Å²) in [5, 5.41) is 3.40. The molecule has 4 nitrogen and oxygen atoms in total. The van der Waals surface area contributed by atoms with Gasteiger partial charge in [0.25, 0.3) is 0 Å². The zero-order chi connectivity index (χ0) is 13.5. The Kier molecular flexibility index (Phi) is 5.61. The van der Waals surface area contributed by atoms with E-state index in [0.717, 1.165) is 51.4 Å². The first kappa shape index (κ1) is 14.3. The van der Waals surface area contributed by atoms with Crippen LogP contribution in [-0.4, -0.2) is 37.3 Å². The summed E-state index contributed by atoms with van der Waals surface area (Å²) in [4.78, 5) is 6.89. The summed E-state index contributed by atoms with van der Waals surface area (Å²) in [5.41, 5.74) is 2.39. The van der Waals surface area contributed by atoms with E-state index in [0.29, 0.717) is 6.04 Å². The minimum absolute atomic E-state index is 0.493. The van der Waals surface area contributed by atoms with Crippen molar-refractivity contribution in [2.45, 2.75) is 39.3 Å². The maximum absolute atomic E-state index is 5.56. The van der Waals surface area contributed by atoms with Crippen molar-refractivity contribution in [1.82, 2.24) is 10.3 Å². The average molecular weight is 263 g/mol. The van der Waals surface area contributed by atoms with Gasteiger partial charge in [0.15, 0.2) is 0 Å². The largest absolute Gasteiger partial charge is 0.377 e. The molecule has 106 valence electrons. The van der Waals surface area contributed by atoms with Gasteiger partial charge in [-0.3, -0.25) is 4.98 Å². The highest BCUT2D eigenvalue weighted by atomic mass is 16.5. The van der Waals surface area contributed by atoms with Crippen LogP contribution in [0.5, 0.6) is 0 Å². The number of nitrogens with one attached hydrogen (secondary N) is 1. The van der Waals surface area contributed by atoms with Crippen LogP contribution in [-0.2, 0) is 11.3 Å². The van der Waals surface area contributed by atoms with Gasteiger partial charge >= 0.3 is 0 Å². The molecule has 1 aliphatic heterocycles. The van der Waals surface area contributed by atoms with Gasteiger partial charge in [-0.05, 0) is 31.5 Å².